The van der Waals surface area contributed by atoms with Gasteiger partial charge in [0.05, 0.1) is 23.7 Å². The maximum atomic E-state index is 13.7. The Hall–Kier alpha value is -3.26. The van der Waals surface area contributed by atoms with Crippen molar-refractivity contribution >= 4 is 32.6 Å². The van der Waals surface area contributed by atoms with Gasteiger partial charge in [-0.2, -0.15) is 0 Å². The summed E-state index contributed by atoms with van der Waals surface area (Å²) in [4.78, 5) is 23.4. The number of nitrogens with zero attached hydrogens (tertiary/aromatic N) is 4. The number of ether oxygens (including phenoxy) is 1. The molecule has 1 amide bonds. The molecule has 0 N–H and O–H groups in total. The van der Waals surface area contributed by atoms with Crippen molar-refractivity contribution in [2.75, 3.05) is 18.6 Å². The molecule has 4 aromatic rings. The van der Waals surface area contributed by atoms with Crippen LogP contribution >= 0.6 is 11.3 Å². The molecule has 2 aromatic heterocycles. The van der Waals surface area contributed by atoms with E-state index in [9.17, 15) is 9.18 Å². The third-order valence-electron chi connectivity index (χ3n) is 4.49. The number of carbonyl (C=O) groups is 1. The van der Waals surface area contributed by atoms with Crippen LogP contribution in [-0.4, -0.2) is 34.1 Å². The van der Waals surface area contributed by atoms with Crippen LogP contribution in [0, 0.1) is 5.82 Å². The topological polar surface area (TPSA) is 60.2 Å². The van der Waals surface area contributed by atoms with Crippen molar-refractivity contribution in [1.29, 1.82) is 0 Å². The van der Waals surface area contributed by atoms with Gasteiger partial charge in [0.2, 0.25) is 0 Å². The van der Waals surface area contributed by atoms with E-state index in [2.05, 4.69) is 9.97 Å². The van der Waals surface area contributed by atoms with Crippen molar-refractivity contribution in [3.05, 3.63) is 72.6 Å². The van der Waals surface area contributed by atoms with Crippen molar-refractivity contribution in [2.45, 2.75) is 13.0 Å². The molecular formula is C21H19FN4O2S. The third kappa shape index (κ3) is 4.27. The number of imidazole rings is 1. The number of aryl methyl sites for hydroxylation is 1. The molecule has 8 heteroatoms. The number of aromatic nitrogens is 3. The molecule has 0 aliphatic carbocycles. The van der Waals surface area contributed by atoms with Crippen LogP contribution in [0.4, 0.5) is 9.52 Å². The Balaban J connectivity index is 1.64. The van der Waals surface area contributed by atoms with E-state index < -0.39 is 5.82 Å². The van der Waals surface area contributed by atoms with E-state index in [0.29, 0.717) is 30.2 Å². The molecule has 0 saturated heterocycles. The Morgan fingerprint density at radius 1 is 1.28 bits per heavy atom. The number of methoxy groups -OCH3 is 1. The molecule has 0 aliphatic heterocycles. The number of hydrogen-bond acceptors (Lipinski definition) is 5. The van der Waals surface area contributed by atoms with E-state index in [-0.39, 0.29) is 5.91 Å². The van der Waals surface area contributed by atoms with Crippen LogP contribution in [0.15, 0.2) is 61.2 Å². The number of halogens is 1. The first kappa shape index (κ1) is 19.1. The van der Waals surface area contributed by atoms with Gasteiger partial charge in [0.25, 0.3) is 5.91 Å². The average Bonchev–Trinajstić information content (AvgIpc) is 3.39. The Labute approximate surface area is 171 Å². The first-order chi connectivity index (χ1) is 14.1. The highest BCUT2D eigenvalue weighted by Crippen LogP contribution is 2.32. The quantitative estimate of drug-likeness (QED) is 0.454. The fourth-order valence-corrected chi connectivity index (χ4v) is 4.05. The van der Waals surface area contributed by atoms with Crippen LogP contribution < -0.4 is 9.64 Å². The molecule has 0 bridgehead atoms. The number of fused-ring (bicyclic) bond motifs is 1. The number of anilines is 1. The molecule has 6 nitrogen and oxygen atoms in total. The highest BCUT2D eigenvalue weighted by Gasteiger charge is 2.21. The summed E-state index contributed by atoms with van der Waals surface area (Å²) >= 11 is 1.41. The summed E-state index contributed by atoms with van der Waals surface area (Å²) in [6.07, 6.45) is 6.04. The Bertz CT molecular complexity index is 1130. The molecule has 4 rings (SSSR count). The predicted octanol–water partition coefficient (Wildman–Crippen LogP) is 4.38. The van der Waals surface area contributed by atoms with E-state index in [1.54, 1.807) is 30.6 Å². The molecule has 2 aromatic carbocycles. The highest BCUT2D eigenvalue weighted by atomic mass is 32.1. The SMILES string of the molecule is COc1ccc2nc(N(CCCn3ccnc3)C(=O)c3cccc(F)c3)sc2c1. The largest absolute Gasteiger partial charge is 0.497 e. The van der Waals surface area contributed by atoms with E-state index in [1.165, 1.54) is 29.5 Å². The third-order valence-corrected chi connectivity index (χ3v) is 5.53. The minimum Gasteiger partial charge on any atom is -0.497 e. The van der Waals surface area contributed by atoms with Crippen LogP contribution in [-0.2, 0) is 6.54 Å². The van der Waals surface area contributed by atoms with Gasteiger partial charge in [0.15, 0.2) is 5.13 Å². The van der Waals surface area contributed by atoms with Gasteiger partial charge in [-0.25, -0.2) is 14.4 Å². The van der Waals surface area contributed by atoms with Gasteiger partial charge in [-0.1, -0.05) is 17.4 Å². The van der Waals surface area contributed by atoms with Crippen molar-refractivity contribution < 1.29 is 13.9 Å². The molecule has 2 heterocycles. The summed E-state index contributed by atoms with van der Waals surface area (Å²) in [6.45, 7) is 1.16. The van der Waals surface area contributed by atoms with Gasteiger partial charge in [-0.05, 0) is 42.8 Å². The molecule has 0 radical (unpaired) electrons. The van der Waals surface area contributed by atoms with E-state index in [0.717, 1.165) is 16.0 Å². The van der Waals surface area contributed by atoms with Gasteiger partial charge in [-0.3, -0.25) is 9.69 Å². The number of amides is 1. The van der Waals surface area contributed by atoms with Gasteiger partial charge in [0, 0.05) is 31.0 Å². The summed E-state index contributed by atoms with van der Waals surface area (Å²) in [5.41, 5.74) is 1.09. The number of benzene rings is 2. The standard InChI is InChI=1S/C21H19FN4O2S/c1-28-17-6-7-18-19(13-17)29-21(24-18)26(10-3-9-25-11-8-23-14-25)20(27)15-4-2-5-16(22)12-15/h2,4-8,11-14H,3,9-10H2,1H3. The lowest BCUT2D eigenvalue weighted by atomic mass is 10.2. The second-order valence-corrected chi connectivity index (χ2v) is 7.46. The smallest absolute Gasteiger partial charge is 0.260 e. The molecule has 0 spiro atoms. The van der Waals surface area contributed by atoms with Gasteiger partial charge >= 0.3 is 0 Å². The van der Waals surface area contributed by atoms with Crippen molar-refractivity contribution in [2.24, 2.45) is 0 Å². The first-order valence-electron chi connectivity index (χ1n) is 9.12. The Kier molecular flexibility index (Phi) is 5.53. The van der Waals surface area contributed by atoms with Crippen molar-refractivity contribution in [1.82, 2.24) is 14.5 Å². The van der Waals surface area contributed by atoms with E-state index in [4.69, 9.17) is 4.74 Å². The van der Waals surface area contributed by atoms with Crippen molar-refractivity contribution in [3.63, 3.8) is 0 Å². The van der Waals surface area contributed by atoms with Crippen LogP contribution in [0.25, 0.3) is 10.2 Å². The number of thiazole rings is 1. The van der Waals surface area contributed by atoms with E-state index >= 15 is 0 Å². The zero-order valence-electron chi connectivity index (χ0n) is 15.8. The maximum absolute atomic E-state index is 13.7. The van der Waals surface area contributed by atoms with Crippen LogP contribution in [0.2, 0.25) is 0 Å². The second-order valence-electron chi connectivity index (χ2n) is 6.45. The normalized spacial score (nSPS) is 11.0. The molecule has 0 aliphatic rings. The fraction of sp³-hybridized carbons (Fsp3) is 0.190. The first-order valence-corrected chi connectivity index (χ1v) is 9.93. The molecule has 0 unspecified atom stereocenters. The van der Waals surface area contributed by atoms with Gasteiger partial charge < -0.3 is 9.30 Å². The summed E-state index contributed by atoms with van der Waals surface area (Å²) in [6, 6.07) is 11.3. The monoisotopic (exact) mass is 410 g/mol. The zero-order valence-corrected chi connectivity index (χ0v) is 16.6. The molecule has 0 fully saturated rings. The minimum atomic E-state index is -0.441. The Morgan fingerprint density at radius 2 is 2.17 bits per heavy atom. The zero-order chi connectivity index (χ0) is 20.2. The number of rotatable bonds is 7. The average molecular weight is 410 g/mol. The van der Waals surface area contributed by atoms with Crippen LogP contribution in [0.5, 0.6) is 5.75 Å². The summed E-state index contributed by atoms with van der Waals surface area (Å²) in [5, 5.41) is 0.577. The molecular weight excluding hydrogens is 391 g/mol. The van der Waals surface area contributed by atoms with Crippen molar-refractivity contribution in [3.8, 4) is 5.75 Å². The number of hydrogen-bond donors (Lipinski definition) is 0. The lowest BCUT2D eigenvalue weighted by Gasteiger charge is -2.20. The van der Waals surface area contributed by atoms with Crippen LogP contribution in [0.3, 0.4) is 0 Å². The Morgan fingerprint density at radius 3 is 2.93 bits per heavy atom. The predicted molar refractivity (Wildman–Crippen MR) is 111 cm³/mol. The van der Waals surface area contributed by atoms with Gasteiger partial charge in [0.1, 0.15) is 11.6 Å². The minimum absolute atomic E-state index is 0.277. The van der Waals surface area contributed by atoms with Gasteiger partial charge in [-0.15, -0.1) is 0 Å². The second kappa shape index (κ2) is 8.40. The molecule has 148 valence electrons. The maximum Gasteiger partial charge on any atom is 0.260 e. The fourth-order valence-electron chi connectivity index (χ4n) is 3.03. The molecule has 0 saturated carbocycles. The lowest BCUT2D eigenvalue weighted by molar-refractivity contribution is 0.0986. The lowest BCUT2D eigenvalue weighted by Crippen LogP contribution is -2.32. The molecule has 29 heavy (non-hydrogen) atoms. The number of carbonyl (C=O) groups excluding carboxylic acids is 1. The van der Waals surface area contributed by atoms with Crippen LogP contribution in [0.1, 0.15) is 16.8 Å². The summed E-state index contributed by atoms with van der Waals surface area (Å²) in [7, 11) is 1.61. The summed E-state index contributed by atoms with van der Waals surface area (Å²) < 4.78 is 21.8. The molecule has 0 atom stereocenters. The summed E-state index contributed by atoms with van der Waals surface area (Å²) in [5.74, 6) is 0.0141. The highest BCUT2D eigenvalue weighted by molar-refractivity contribution is 7.22. The van der Waals surface area contributed by atoms with E-state index in [1.807, 2.05) is 29.0 Å².